The molecule has 0 spiro atoms. The van der Waals surface area contributed by atoms with Gasteiger partial charge in [-0.15, -0.1) is 0 Å². The number of phenolic OH excluding ortho intramolecular Hbond substituents is 1. The lowest BCUT2D eigenvalue weighted by atomic mass is 9.72. The van der Waals surface area contributed by atoms with Gasteiger partial charge in [-0.2, -0.15) is 0 Å². The standard InChI is InChI=1S/C32H42O7/c1-19(2)5-6-21-7-10-31(39-4)25(15-21)24-8-9-28(36)32-26(24)16-22(17-30(32)38)14-23(11-12-33)27(18-34)29(37)13-20(3)35/h7-10,15,19,22-23,27,33-34,36H,5-6,11-14,16-18H2,1-4H3. The SMILES string of the molecule is COc1ccc(CCC(C)C)cc1-c1ccc(O)c2c1CC(CC(CCO)C(CO)C(=O)CC(C)=O)CC2=O. The van der Waals surface area contributed by atoms with Crippen LogP contribution in [0.15, 0.2) is 30.3 Å². The molecule has 3 N–H and O–H groups in total. The molecule has 3 rings (SSSR count). The van der Waals surface area contributed by atoms with Crippen LogP contribution in [-0.2, 0) is 22.4 Å². The Kier molecular flexibility index (Phi) is 10.8. The number of ether oxygens (including phenoxy) is 1. The zero-order chi connectivity index (χ0) is 28.7. The van der Waals surface area contributed by atoms with Crippen molar-refractivity contribution >= 4 is 17.3 Å². The highest BCUT2D eigenvalue weighted by Crippen LogP contribution is 2.43. The smallest absolute Gasteiger partial charge is 0.167 e. The molecule has 7 nitrogen and oxygen atoms in total. The van der Waals surface area contributed by atoms with Gasteiger partial charge in [0.1, 0.15) is 23.1 Å². The average Bonchev–Trinajstić information content (AvgIpc) is 2.87. The number of methoxy groups -OCH3 is 1. The summed E-state index contributed by atoms with van der Waals surface area (Å²) in [7, 11) is 1.61. The van der Waals surface area contributed by atoms with Crippen LogP contribution in [0.2, 0.25) is 0 Å². The molecule has 7 heteroatoms. The van der Waals surface area contributed by atoms with Gasteiger partial charge in [-0.05, 0) is 91.7 Å². The molecule has 0 bridgehead atoms. The Labute approximate surface area is 231 Å². The van der Waals surface area contributed by atoms with Gasteiger partial charge in [0.05, 0.1) is 25.7 Å². The van der Waals surface area contributed by atoms with E-state index in [1.165, 1.54) is 6.92 Å². The number of ketones is 3. The second kappa shape index (κ2) is 13.9. The Morgan fingerprint density at radius 1 is 1.05 bits per heavy atom. The highest BCUT2D eigenvalue weighted by molar-refractivity contribution is 6.03. The zero-order valence-electron chi connectivity index (χ0n) is 23.5. The van der Waals surface area contributed by atoms with Crippen LogP contribution in [0.4, 0.5) is 0 Å². The summed E-state index contributed by atoms with van der Waals surface area (Å²) in [6, 6.07) is 9.47. The van der Waals surface area contributed by atoms with Gasteiger partial charge in [-0.25, -0.2) is 0 Å². The molecule has 0 fully saturated rings. The second-order valence-electron chi connectivity index (χ2n) is 11.3. The quantitative estimate of drug-likeness (QED) is 0.291. The van der Waals surface area contributed by atoms with Gasteiger partial charge in [0.15, 0.2) is 5.78 Å². The molecular weight excluding hydrogens is 496 g/mol. The zero-order valence-corrected chi connectivity index (χ0v) is 23.5. The number of carbonyl (C=O) groups is 3. The number of fused-ring (bicyclic) bond motifs is 1. The van der Waals surface area contributed by atoms with Crippen molar-refractivity contribution in [2.45, 2.75) is 65.7 Å². The van der Waals surface area contributed by atoms with Crippen molar-refractivity contribution in [1.29, 1.82) is 0 Å². The van der Waals surface area contributed by atoms with E-state index in [1.807, 2.05) is 12.1 Å². The molecule has 0 radical (unpaired) electrons. The maximum absolute atomic E-state index is 13.4. The first kappa shape index (κ1) is 30.5. The number of hydrogen-bond donors (Lipinski definition) is 3. The lowest BCUT2D eigenvalue weighted by Crippen LogP contribution is -2.32. The molecule has 1 aliphatic rings. The molecule has 0 amide bonds. The summed E-state index contributed by atoms with van der Waals surface area (Å²) in [5.41, 5.74) is 3.92. The molecule has 0 saturated heterocycles. The summed E-state index contributed by atoms with van der Waals surface area (Å²) in [4.78, 5) is 37.6. The Morgan fingerprint density at radius 3 is 2.41 bits per heavy atom. The number of aliphatic hydroxyl groups is 2. The molecule has 0 heterocycles. The first-order valence-electron chi connectivity index (χ1n) is 13.9. The van der Waals surface area contributed by atoms with Gasteiger partial charge in [0, 0.05) is 24.5 Å². The summed E-state index contributed by atoms with van der Waals surface area (Å²) in [5, 5.41) is 30.4. The van der Waals surface area contributed by atoms with E-state index in [4.69, 9.17) is 4.74 Å². The molecule has 0 saturated carbocycles. The van der Waals surface area contributed by atoms with Gasteiger partial charge in [0.25, 0.3) is 0 Å². The Morgan fingerprint density at radius 2 is 1.79 bits per heavy atom. The van der Waals surface area contributed by atoms with Gasteiger partial charge in [-0.1, -0.05) is 26.0 Å². The van der Waals surface area contributed by atoms with Crippen LogP contribution in [0, 0.1) is 23.7 Å². The van der Waals surface area contributed by atoms with E-state index in [1.54, 1.807) is 13.2 Å². The fourth-order valence-corrected chi connectivity index (χ4v) is 5.85. The lowest BCUT2D eigenvalue weighted by molar-refractivity contribution is -0.131. The lowest BCUT2D eigenvalue weighted by Gasteiger charge is -2.32. The Hall–Kier alpha value is -3.03. The van der Waals surface area contributed by atoms with Gasteiger partial charge >= 0.3 is 0 Å². The van der Waals surface area contributed by atoms with Crippen LogP contribution in [0.5, 0.6) is 11.5 Å². The monoisotopic (exact) mass is 538 g/mol. The summed E-state index contributed by atoms with van der Waals surface area (Å²) in [6.07, 6.45) is 3.09. The number of Topliss-reactive ketones (excluding diaryl/α,β-unsaturated/α-hetero) is 3. The van der Waals surface area contributed by atoms with E-state index in [9.17, 15) is 29.7 Å². The molecule has 0 aromatic heterocycles. The van der Waals surface area contributed by atoms with E-state index in [0.717, 1.165) is 35.1 Å². The molecule has 0 aliphatic heterocycles. The number of aliphatic hydroxyl groups excluding tert-OH is 2. The largest absolute Gasteiger partial charge is 0.507 e. The minimum Gasteiger partial charge on any atom is -0.507 e. The average molecular weight is 539 g/mol. The first-order valence-corrected chi connectivity index (χ1v) is 13.9. The number of aromatic hydroxyl groups is 1. The Bertz CT molecular complexity index is 1180. The van der Waals surface area contributed by atoms with Gasteiger partial charge < -0.3 is 20.1 Å². The summed E-state index contributed by atoms with van der Waals surface area (Å²) >= 11 is 0. The fraction of sp³-hybridized carbons (Fsp3) is 0.531. The van der Waals surface area contributed by atoms with E-state index in [-0.39, 0.29) is 60.8 Å². The third kappa shape index (κ3) is 7.55. The normalized spacial score (nSPS) is 16.6. The van der Waals surface area contributed by atoms with Gasteiger partial charge in [-0.3, -0.25) is 14.4 Å². The number of aryl methyl sites for hydroxylation is 1. The predicted octanol–water partition coefficient (Wildman–Crippen LogP) is 4.95. The first-order chi connectivity index (χ1) is 18.6. The third-order valence-corrected chi connectivity index (χ3v) is 7.84. The minimum absolute atomic E-state index is 0.0519. The fourth-order valence-electron chi connectivity index (χ4n) is 5.85. The molecule has 39 heavy (non-hydrogen) atoms. The Balaban J connectivity index is 1.99. The molecule has 2 aromatic carbocycles. The van der Waals surface area contributed by atoms with Crippen molar-refractivity contribution in [3.8, 4) is 22.6 Å². The van der Waals surface area contributed by atoms with E-state index < -0.39 is 12.5 Å². The number of benzene rings is 2. The highest BCUT2D eigenvalue weighted by atomic mass is 16.5. The van der Waals surface area contributed by atoms with Crippen molar-refractivity contribution in [3.63, 3.8) is 0 Å². The summed E-state index contributed by atoms with van der Waals surface area (Å²) in [5.74, 6) is -0.902. The number of hydrogen-bond acceptors (Lipinski definition) is 7. The van der Waals surface area contributed by atoms with Gasteiger partial charge in [0.2, 0.25) is 0 Å². The highest BCUT2D eigenvalue weighted by Gasteiger charge is 2.35. The van der Waals surface area contributed by atoms with Crippen LogP contribution in [0.3, 0.4) is 0 Å². The predicted molar refractivity (Wildman–Crippen MR) is 150 cm³/mol. The maximum atomic E-state index is 13.4. The molecule has 3 unspecified atom stereocenters. The van der Waals surface area contributed by atoms with E-state index in [0.29, 0.717) is 30.1 Å². The number of carbonyl (C=O) groups excluding carboxylic acids is 3. The van der Waals surface area contributed by atoms with Crippen LogP contribution < -0.4 is 4.74 Å². The van der Waals surface area contributed by atoms with Crippen molar-refractivity contribution in [2.24, 2.45) is 23.7 Å². The summed E-state index contributed by atoms with van der Waals surface area (Å²) < 4.78 is 5.69. The van der Waals surface area contributed by atoms with Crippen LogP contribution in [-0.4, -0.2) is 53.0 Å². The molecule has 3 atom stereocenters. The van der Waals surface area contributed by atoms with E-state index >= 15 is 0 Å². The molecule has 212 valence electrons. The van der Waals surface area contributed by atoms with Crippen molar-refractivity contribution < 1.29 is 34.4 Å². The van der Waals surface area contributed by atoms with Crippen LogP contribution in [0.1, 0.15) is 74.4 Å². The third-order valence-electron chi connectivity index (χ3n) is 7.84. The van der Waals surface area contributed by atoms with E-state index in [2.05, 4.69) is 26.0 Å². The maximum Gasteiger partial charge on any atom is 0.167 e. The van der Waals surface area contributed by atoms with Crippen LogP contribution in [0.25, 0.3) is 11.1 Å². The molecule has 1 aliphatic carbocycles. The van der Waals surface area contributed by atoms with Crippen molar-refractivity contribution in [1.82, 2.24) is 0 Å². The van der Waals surface area contributed by atoms with Crippen molar-refractivity contribution in [3.05, 3.63) is 47.0 Å². The van der Waals surface area contributed by atoms with Crippen molar-refractivity contribution in [2.75, 3.05) is 20.3 Å². The minimum atomic E-state index is -0.779. The second-order valence-corrected chi connectivity index (χ2v) is 11.3. The summed E-state index contributed by atoms with van der Waals surface area (Å²) in [6.45, 7) is 5.13. The number of phenols is 1. The topological polar surface area (TPSA) is 121 Å². The molecule has 2 aromatic rings. The van der Waals surface area contributed by atoms with Crippen LogP contribution >= 0.6 is 0 Å². The number of rotatable bonds is 14. The molecular formula is C32H42O7.